The second-order valence-electron chi connectivity index (χ2n) is 5.91. The molecule has 132 valence electrons. The first-order valence-corrected chi connectivity index (χ1v) is 8.10. The van der Waals surface area contributed by atoms with Crippen molar-refractivity contribution in [1.82, 2.24) is 15.6 Å². The summed E-state index contributed by atoms with van der Waals surface area (Å²) in [5.41, 5.74) is 7.18. The average Bonchev–Trinajstić information content (AvgIpc) is 3.21. The number of nitrogens with one attached hydrogen (secondary N) is 3. The maximum Gasteiger partial charge on any atom is 0.328 e. The Hall–Kier alpha value is -2.87. The second kappa shape index (κ2) is 7.35. The van der Waals surface area contributed by atoms with Gasteiger partial charge < -0.3 is 26.1 Å². The number of aromatic amines is 1. The number of rotatable bonds is 6. The lowest BCUT2D eigenvalue weighted by Crippen LogP contribution is -2.52. The van der Waals surface area contributed by atoms with E-state index in [-0.39, 0.29) is 19.6 Å². The molecular formula is C17H20N4O4. The van der Waals surface area contributed by atoms with E-state index in [1.807, 2.05) is 30.5 Å². The summed E-state index contributed by atoms with van der Waals surface area (Å²) in [7, 11) is 0. The van der Waals surface area contributed by atoms with E-state index in [0.29, 0.717) is 6.42 Å². The molecule has 8 heteroatoms. The highest BCUT2D eigenvalue weighted by Gasteiger charge is 2.31. The predicted molar refractivity (Wildman–Crippen MR) is 90.5 cm³/mol. The highest BCUT2D eigenvalue weighted by molar-refractivity contribution is 5.92. The number of carbonyl (C=O) groups excluding carboxylic acids is 3. The molecule has 0 saturated carbocycles. The first-order chi connectivity index (χ1) is 12.1. The van der Waals surface area contributed by atoms with Crippen molar-refractivity contribution in [1.29, 1.82) is 0 Å². The first-order valence-electron chi connectivity index (χ1n) is 8.10. The molecule has 0 spiro atoms. The third kappa shape index (κ3) is 3.80. The Kier molecular flexibility index (Phi) is 4.99. The third-order valence-corrected chi connectivity index (χ3v) is 4.19. The summed E-state index contributed by atoms with van der Waals surface area (Å²) in [5.74, 6) is -1.32. The number of hydrogen-bond donors (Lipinski definition) is 4. The number of cyclic esters (lactones) is 1. The summed E-state index contributed by atoms with van der Waals surface area (Å²) >= 11 is 0. The van der Waals surface area contributed by atoms with Gasteiger partial charge in [-0.15, -0.1) is 0 Å². The van der Waals surface area contributed by atoms with Gasteiger partial charge in [0.05, 0.1) is 13.2 Å². The summed E-state index contributed by atoms with van der Waals surface area (Å²) in [5, 5.41) is 6.23. The van der Waals surface area contributed by atoms with Gasteiger partial charge in [-0.2, -0.15) is 0 Å². The van der Waals surface area contributed by atoms with E-state index in [9.17, 15) is 14.4 Å². The molecule has 1 aliphatic rings. The van der Waals surface area contributed by atoms with E-state index in [1.54, 1.807) is 0 Å². The lowest BCUT2D eigenvalue weighted by atomic mass is 10.0. The van der Waals surface area contributed by atoms with Crippen molar-refractivity contribution in [2.45, 2.75) is 24.9 Å². The molecular weight excluding hydrogens is 324 g/mol. The number of amides is 2. The second-order valence-corrected chi connectivity index (χ2v) is 5.91. The van der Waals surface area contributed by atoms with Crippen molar-refractivity contribution >= 4 is 28.7 Å². The first kappa shape index (κ1) is 17.0. The van der Waals surface area contributed by atoms with Crippen LogP contribution in [0.4, 0.5) is 0 Å². The predicted octanol–water partition coefficient (Wildman–Crippen LogP) is -0.414. The maximum atomic E-state index is 12.6. The fraction of sp³-hybridized carbons (Fsp3) is 0.353. The molecule has 2 atom stereocenters. The summed E-state index contributed by atoms with van der Waals surface area (Å²) in [6.07, 6.45) is 2.52. The number of fused-ring (bicyclic) bond motifs is 1. The lowest BCUT2D eigenvalue weighted by Gasteiger charge is -2.19. The number of esters is 1. The average molecular weight is 344 g/mol. The topological polar surface area (TPSA) is 126 Å². The summed E-state index contributed by atoms with van der Waals surface area (Å²) in [4.78, 5) is 39.0. The number of ether oxygens (including phenoxy) is 1. The van der Waals surface area contributed by atoms with Crippen molar-refractivity contribution < 1.29 is 19.1 Å². The molecule has 1 aromatic carbocycles. The normalized spacial score (nSPS) is 18.0. The van der Waals surface area contributed by atoms with Crippen LogP contribution in [-0.2, 0) is 25.5 Å². The maximum absolute atomic E-state index is 12.6. The minimum Gasteiger partial charge on any atom is -0.464 e. The number of benzene rings is 1. The van der Waals surface area contributed by atoms with Crippen LogP contribution < -0.4 is 16.4 Å². The Morgan fingerprint density at radius 1 is 1.36 bits per heavy atom. The minimum absolute atomic E-state index is 0.219. The Bertz CT molecular complexity index is 801. The van der Waals surface area contributed by atoms with Gasteiger partial charge in [0.1, 0.15) is 12.1 Å². The fourth-order valence-electron chi connectivity index (χ4n) is 2.88. The van der Waals surface area contributed by atoms with Crippen LogP contribution in [0.5, 0.6) is 0 Å². The molecule has 2 aromatic rings. The monoisotopic (exact) mass is 344 g/mol. The molecule has 1 aromatic heterocycles. The molecule has 1 fully saturated rings. The number of nitrogens with two attached hydrogens (primary N) is 1. The zero-order chi connectivity index (χ0) is 17.8. The van der Waals surface area contributed by atoms with Gasteiger partial charge >= 0.3 is 5.97 Å². The Morgan fingerprint density at radius 3 is 2.88 bits per heavy atom. The molecule has 5 N–H and O–H groups in total. The number of para-hydroxylation sites is 1. The standard InChI is InChI=1S/C17H20N4O4/c18-8-15(22)20-14(16(23)21-13-5-6-25-17(13)24)7-10-9-19-12-4-2-1-3-11(10)12/h1-4,9,13-14,19H,5-8,18H2,(H,20,22)(H,21,23)/t13-,14-/m0/s1. The fourth-order valence-corrected chi connectivity index (χ4v) is 2.88. The van der Waals surface area contributed by atoms with Crippen LogP contribution in [0.2, 0.25) is 0 Å². The van der Waals surface area contributed by atoms with Gasteiger partial charge in [-0.05, 0) is 11.6 Å². The molecule has 0 bridgehead atoms. The smallest absolute Gasteiger partial charge is 0.328 e. The van der Waals surface area contributed by atoms with E-state index in [2.05, 4.69) is 15.6 Å². The summed E-state index contributed by atoms with van der Waals surface area (Å²) < 4.78 is 4.85. The van der Waals surface area contributed by atoms with Gasteiger partial charge in [-0.3, -0.25) is 9.59 Å². The quantitative estimate of drug-likeness (QED) is 0.530. The zero-order valence-corrected chi connectivity index (χ0v) is 13.6. The van der Waals surface area contributed by atoms with Gasteiger partial charge in [0.25, 0.3) is 0 Å². The Balaban J connectivity index is 1.77. The van der Waals surface area contributed by atoms with Crippen molar-refractivity contribution in [2.75, 3.05) is 13.2 Å². The molecule has 3 rings (SSSR count). The zero-order valence-electron chi connectivity index (χ0n) is 13.6. The summed E-state index contributed by atoms with van der Waals surface area (Å²) in [6, 6.07) is 6.18. The highest BCUT2D eigenvalue weighted by Crippen LogP contribution is 2.19. The molecule has 2 heterocycles. The van der Waals surface area contributed by atoms with Crippen LogP contribution in [0.3, 0.4) is 0 Å². The van der Waals surface area contributed by atoms with Crippen LogP contribution >= 0.6 is 0 Å². The van der Waals surface area contributed by atoms with Gasteiger partial charge in [-0.1, -0.05) is 18.2 Å². The molecule has 0 radical (unpaired) electrons. The highest BCUT2D eigenvalue weighted by atomic mass is 16.5. The number of aromatic nitrogens is 1. The van der Waals surface area contributed by atoms with Crippen molar-refractivity contribution in [3.05, 3.63) is 36.0 Å². The molecule has 0 aliphatic carbocycles. The van der Waals surface area contributed by atoms with Crippen LogP contribution in [0.15, 0.2) is 30.5 Å². The minimum atomic E-state index is -0.830. The van der Waals surface area contributed by atoms with E-state index in [0.717, 1.165) is 16.5 Å². The molecule has 1 aliphatic heterocycles. The van der Waals surface area contributed by atoms with Gasteiger partial charge in [0.15, 0.2) is 0 Å². The van der Waals surface area contributed by atoms with E-state index < -0.39 is 29.9 Å². The SMILES string of the molecule is NCC(=O)N[C@@H](Cc1c[nH]c2ccccc12)C(=O)N[C@H]1CCOC1=O. The molecule has 1 saturated heterocycles. The number of H-pyrrole nitrogens is 1. The van der Waals surface area contributed by atoms with Gasteiger partial charge in [-0.25, -0.2) is 4.79 Å². The Labute approximate surface area is 144 Å². The Morgan fingerprint density at radius 2 is 2.16 bits per heavy atom. The van der Waals surface area contributed by atoms with Crippen molar-refractivity contribution in [3.63, 3.8) is 0 Å². The van der Waals surface area contributed by atoms with Crippen LogP contribution in [-0.4, -0.2) is 48.0 Å². The van der Waals surface area contributed by atoms with Crippen LogP contribution in [0.1, 0.15) is 12.0 Å². The summed E-state index contributed by atoms with van der Waals surface area (Å²) in [6.45, 7) is 0.0647. The van der Waals surface area contributed by atoms with Crippen molar-refractivity contribution in [3.8, 4) is 0 Å². The van der Waals surface area contributed by atoms with Crippen molar-refractivity contribution in [2.24, 2.45) is 5.73 Å². The third-order valence-electron chi connectivity index (χ3n) is 4.19. The number of hydrogen-bond acceptors (Lipinski definition) is 5. The van der Waals surface area contributed by atoms with Gasteiger partial charge in [0.2, 0.25) is 11.8 Å². The van der Waals surface area contributed by atoms with Crippen LogP contribution in [0.25, 0.3) is 10.9 Å². The van der Waals surface area contributed by atoms with E-state index in [4.69, 9.17) is 10.5 Å². The lowest BCUT2D eigenvalue weighted by molar-refractivity contribution is -0.141. The molecule has 2 amide bonds. The van der Waals surface area contributed by atoms with Crippen LogP contribution in [0, 0.1) is 0 Å². The molecule has 0 unspecified atom stereocenters. The number of carbonyl (C=O) groups is 3. The molecule has 25 heavy (non-hydrogen) atoms. The van der Waals surface area contributed by atoms with E-state index >= 15 is 0 Å². The largest absolute Gasteiger partial charge is 0.464 e. The van der Waals surface area contributed by atoms with Gasteiger partial charge in [0, 0.05) is 29.9 Å². The molecule has 8 nitrogen and oxygen atoms in total. The van der Waals surface area contributed by atoms with E-state index in [1.165, 1.54) is 0 Å².